The lowest BCUT2D eigenvalue weighted by Gasteiger charge is -2.21. The standard InChI is InChI=1S/C14H22BrNO/c1-5-16-14(9-17-10(2)3)12-7-6-11(4)8-13(12)15/h6-8,10,14,16H,5,9H2,1-4H3. The number of aryl methyl sites for hydroxylation is 1. The van der Waals surface area contributed by atoms with Crippen LogP contribution < -0.4 is 5.32 Å². The van der Waals surface area contributed by atoms with Crippen molar-refractivity contribution in [2.75, 3.05) is 13.2 Å². The minimum absolute atomic E-state index is 0.248. The Morgan fingerprint density at radius 2 is 2.06 bits per heavy atom. The van der Waals surface area contributed by atoms with Crippen molar-refractivity contribution in [3.8, 4) is 0 Å². The molecule has 3 heteroatoms. The number of rotatable bonds is 6. The van der Waals surface area contributed by atoms with Gasteiger partial charge in [-0.25, -0.2) is 0 Å². The molecule has 17 heavy (non-hydrogen) atoms. The van der Waals surface area contributed by atoms with Gasteiger partial charge in [0.25, 0.3) is 0 Å². The van der Waals surface area contributed by atoms with Crippen LogP contribution in [0, 0.1) is 6.92 Å². The zero-order valence-electron chi connectivity index (χ0n) is 11.1. The molecule has 1 N–H and O–H groups in total. The molecule has 96 valence electrons. The molecule has 0 aliphatic heterocycles. The molecule has 0 fully saturated rings. The molecule has 0 saturated heterocycles. The molecule has 0 bridgehead atoms. The largest absolute Gasteiger partial charge is 0.377 e. The van der Waals surface area contributed by atoms with Crippen LogP contribution in [0.3, 0.4) is 0 Å². The molecule has 1 unspecified atom stereocenters. The van der Waals surface area contributed by atoms with E-state index >= 15 is 0 Å². The van der Waals surface area contributed by atoms with Crippen molar-refractivity contribution < 1.29 is 4.74 Å². The summed E-state index contributed by atoms with van der Waals surface area (Å²) in [6, 6.07) is 6.70. The van der Waals surface area contributed by atoms with Crippen LogP contribution in [0.2, 0.25) is 0 Å². The molecule has 2 nitrogen and oxygen atoms in total. The Morgan fingerprint density at radius 3 is 2.59 bits per heavy atom. The summed E-state index contributed by atoms with van der Waals surface area (Å²) in [6.45, 7) is 9.98. The predicted molar refractivity (Wildman–Crippen MR) is 76.4 cm³/mol. The molecule has 0 heterocycles. The van der Waals surface area contributed by atoms with Crippen molar-refractivity contribution in [2.24, 2.45) is 0 Å². The van der Waals surface area contributed by atoms with Crippen LogP contribution in [0.5, 0.6) is 0 Å². The van der Waals surface area contributed by atoms with Gasteiger partial charge in [0.15, 0.2) is 0 Å². The first-order chi connectivity index (χ1) is 8.04. The Morgan fingerprint density at radius 1 is 1.35 bits per heavy atom. The fraction of sp³-hybridized carbons (Fsp3) is 0.571. The van der Waals surface area contributed by atoms with Gasteiger partial charge in [-0.1, -0.05) is 35.0 Å². The van der Waals surface area contributed by atoms with Crippen LogP contribution in [-0.4, -0.2) is 19.3 Å². The minimum Gasteiger partial charge on any atom is -0.377 e. The van der Waals surface area contributed by atoms with Gasteiger partial charge in [-0.2, -0.15) is 0 Å². The molecule has 0 aliphatic carbocycles. The van der Waals surface area contributed by atoms with Gasteiger partial charge in [-0.05, 0) is 44.5 Å². The highest BCUT2D eigenvalue weighted by Crippen LogP contribution is 2.25. The third-order valence-electron chi connectivity index (χ3n) is 2.58. The molecule has 1 rings (SSSR count). The first-order valence-electron chi connectivity index (χ1n) is 6.15. The lowest BCUT2D eigenvalue weighted by molar-refractivity contribution is 0.0613. The molecule has 1 aromatic carbocycles. The van der Waals surface area contributed by atoms with Crippen molar-refractivity contribution in [1.82, 2.24) is 5.32 Å². The summed E-state index contributed by atoms with van der Waals surface area (Å²) < 4.78 is 6.86. The average molecular weight is 300 g/mol. The maximum Gasteiger partial charge on any atom is 0.0665 e. The summed E-state index contributed by atoms with van der Waals surface area (Å²) >= 11 is 3.63. The number of nitrogens with one attached hydrogen (secondary N) is 1. The van der Waals surface area contributed by atoms with E-state index in [1.54, 1.807) is 0 Å². The highest BCUT2D eigenvalue weighted by Gasteiger charge is 2.14. The SMILES string of the molecule is CCNC(COC(C)C)c1ccc(C)cc1Br. The number of hydrogen-bond acceptors (Lipinski definition) is 2. The van der Waals surface area contributed by atoms with Crippen LogP contribution in [0.15, 0.2) is 22.7 Å². The Hall–Kier alpha value is -0.380. The summed E-state index contributed by atoms with van der Waals surface area (Å²) in [7, 11) is 0. The number of ether oxygens (including phenoxy) is 1. The quantitative estimate of drug-likeness (QED) is 0.862. The smallest absolute Gasteiger partial charge is 0.0665 e. The van der Waals surface area contributed by atoms with Crippen LogP contribution in [0.25, 0.3) is 0 Å². The van der Waals surface area contributed by atoms with Gasteiger partial charge in [-0.3, -0.25) is 0 Å². The zero-order chi connectivity index (χ0) is 12.8. The summed E-state index contributed by atoms with van der Waals surface area (Å²) in [5.41, 5.74) is 2.53. The number of likely N-dealkylation sites (N-methyl/N-ethyl adjacent to an activating group) is 1. The van der Waals surface area contributed by atoms with Crippen LogP contribution in [-0.2, 0) is 4.74 Å². The van der Waals surface area contributed by atoms with Crippen LogP contribution in [0.1, 0.15) is 37.9 Å². The van der Waals surface area contributed by atoms with Crippen molar-refractivity contribution in [1.29, 1.82) is 0 Å². The highest BCUT2D eigenvalue weighted by molar-refractivity contribution is 9.10. The molecule has 1 aromatic rings. The van der Waals surface area contributed by atoms with E-state index in [1.807, 2.05) is 0 Å². The van der Waals surface area contributed by atoms with E-state index in [2.05, 4.69) is 67.1 Å². The molecule has 0 spiro atoms. The first-order valence-corrected chi connectivity index (χ1v) is 6.95. The molecule has 0 aliphatic rings. The van der Waals surface area contributed by atoms with Gasteiger partial charge in [0.2, 0.25) is 0 Å². The maximum atomic E-state index is 5.71. The monoisotopic (exact) mass is 299 g/mol. The fourth-order valence-electron chi connectivity index (χ4n) is 1.71. The average Bonchev–Trinajstić information content (AvgIpc) is 2.24. The molecule has 0 amide bonds. The van der Waals surface area contributed by atoms with Crippen molar-refractivity contribution in [3.05, 3.63) is 33.8 Å². The second kappa shape index (κ2) is 7.14. The summed E-state index contributed by atoms with van der Waals surface area (Å²) in [5, 5.41) is 3.46. The second-order valence-corrected chi connectivity index (χ2v) is 5.37. The summed E-state index contributed by atoms with van der Waals surface area (Å²) in [5.74, 6) is 0. The molecular formula is C14H22BrNO. The molecule has 0 aromatic heterocycles. The van der Waals surface area contributed by atoms with E-state index in [1.165, 1.54) is 11.1 Å². The predicted octanol–water partition coefficient (Wildman–Crippen LogP) is 3.83. The Bertz CT molecular complexity index is 352. The third kappa shape index (κ3) is 4.78. The third-order valence-corrected chi connectivity index (χ3v) is 3.26. The van der Waals surface area contributed by atoms with Gasteiger partial charge >= 0.3 is 0 Å². The summed E-state index contributed by atoms with van der Waals surface area (Å²) in [6.07, 6.45) is 0.264. The first kappa shape index (κ1) is 14.7. The Balaban J connectivity index is 2.81. The van der Waals surface area contributed by atoms with Gasteiger partial charge in [0.1, 0.15) is 0 Å². The van der Waals surface area contributed by atoms with Crippen LogP contribution in [0.4, 0.5) is 0 Å². The second-order valence-electron chi connectivity index (χ2n) is 4.52. The molecule has 0 saturated carbocycles. The Kier molecular flexibility index (Phi) is 6.17. The van der Waals surface area contributed by atoms with E-state index in [9.17, 15) is 0 Å². The van der Waals surface area contributed by atoms with E-state index in [0.717, 1.165) is 11.0 Å². The zero-order valence-corrected chi connectivity index (χ0v) is 12.7. The molecular weight excluding hydrogens is 278 g/mol. The van der Waals surface area contributed by atoms with E-state index in [0.29, 0.717) is 6.61 Å². The molecule has 1 atom stereocenters. The maximum absolute atomic E-state index is 5.71. The normalized spacial score (nSPS) is 13.1. The van der Waals surface area contributed by atoms with Gasteiger partial charge < -0.3 is 10.1 Å². The highest BCUT2D eigenvalue weighted by atomic mass is 79.9. The number of hydrogen-bond donors (Lipinski definition) is 1. The van der Waals surface area contributed by atoms with Crippen molar-refractivity contribution in [3.63, 3.8) is 0 Å². The van der Waals surface area contributed by atoms with Crippen LogP contribution >= 0.6 is 15.9 Å². The van der Waals surface area contributed by atoms with Crippen molar-refractivity contribution in [2.45, 2.75) is 39.8 Å². The van der Waals surface area contributed by atoms with E-state index in [4.69, 9.17) is 4.74 Å². The topological polar surface area (TPSA) is 21.3 Å². The lowest BCUT2D eigenvalue weighted by atomic mass is 10.1. The van der Waals surface area contributed by atoms with E-state index < -0.39 is 0 Å². The summed E-state index contributed by atoms with van der Waals surface area (Å²) in [4.78, 5) is 0. The van der Waals surface area contributed by atoms with Gasteiger partial charge in [-0.15, -0.1) is 0 Å². The number of benzene rings is 1. The molecule has 0 radical (unpaired) electrons. The van der Waals surface area contributed by atoms with Crippen molar-refractivity contribution >= 4 is 15.9 Å². The van der Waals surface area contributed by atoms with Gasteiger partial charge in [0.05, 0.1) is 18.8 Å². The minimum atomic E-state index is 0.248. The van der Waals surface area contributed by atoms with Gasteiger partial charge in [0, 0.05) is 4.47 Å². The number of halogens is 1. The van der Waals surface area contributed by atoms with E-state index in [-0.39, 0.29) is 12.1 Å². The Labute approximate surface area is 113 Å². The fourth-order valence-corrected chi connectivity index (χ4v) is 2.48. The lowest BCUT2D eigenvalue weighted by Crippen LogP contribution is -2.27.